The highest BCUT2D eigenvalue weighted by molar-refractivity contribution is 5.04. The molecule has 0 saturated carbocycles. The summed E-state index contributed by atoms with van der Waals surface area (Å²) < 4.78 is 5.79. The van der Waals surface area contributed by atoms with E-state index in [2.05, 4.69) is 39.1 Å². The first-order valence-corrected chi connectivity index (χ1v) is 8.24. The summed E-state index contributed by atoms with van der Waals surface area (Å²) in [6.45, 7) is 12.2. The summed E-state index contributed by atoms with van der Waals surface area (Å²) >= 11 is 0. The summed E-state index contributed by atoms with van der Waals surface area (Å²) in [7, 11) is 0. The number of nitrogens with zero attached hydrogens (tertiary/aromatic N) is 1. The molecule has 0 heterocycles. The molecule has 0 aliphatic heterocycles. The monoisotopic (exact) mass is 282 g/mol. The van der Waals surface area contributed by atoms with E-state index in [1.165, 1.54) is 25.7 Å². The Bertz CT molecular complexity index is 273. The van der Waals surface area contributed by atoms with Crippen LogP contribution in [0.4, 0.5) is 0 Å². The van der Waals surface area contributed by atoms with E-state index in [1.807, 2.05) is 6.92 Å². The van der Waals surface area contributed by atoms with E-state index in [1.54, 1.807) is 0 Å². The fourth-order valence-corrected chi connectivity index (χ4v) is 2.47. The predicted molar refractivity (Wildman–Crippen MR) is 85.6 cm³/mol. The van der Waals surface area contributed by atoms with Gasteiger partial charge >= 0.3 is 0 Å². The third-order valence-electron chi connectivity index (χ3n) is 3.72. The molecule has 0 aliphatic carbocycles. The molecule has 0 saturated heterocycles. The number of unbranched alkanes of at least 4 members (excludes halogenated alkanes) is 1. The SMILES string of the molecule is CCCCC(CC)COCCCC(C)(C#N)NC(C)C. The molecule has 0 aromatic carbocycles. The molecule has 2 unspecified atom stereocenters. The fraction of sp³-hybridized carbons (Fsp3) is 0.941. The molecule has 0 aliphatic rings. The standard InChI is InChI=1S/C17H34N2O/c1-6-8-10-16(7-2)13-20-12-9-11-17(5,14-18)19-15(3)4/h15-16,19H,6-13H2,1-5H3. The molecule has 0 aromatic heterocycles. The minimum atomic E-state index is -0.427. The molecule has 0 rings (SSSR count). The molecule has 0 aromatic rings. The minimum Gasteiger partial charge on any atom is -0.381 e. The van der Waals surface area contributed by atoms with Crippen molar-refractivity contribution in [1.82, 2.24) is 5.32 Å². The van der Waals surface area contributed by atoms with E-state index < -0.39 is 5.54 Å². The van der Waals surface area contributed by atoms with Crippen molar-refractivity contribution < 1.29 is 4.74 Å². The van der Waals surface area contributed by atoms with E-state index >= 15 is 0 Å². The number of nitriles is 1. The molecule has 20 heavy (non-hydrogen) atoms. The van der Waals surface area contributed by atoms with E-state index in [4.69, 9.17) is 4.74 Å². The largest absolute Gasteiger partial charge is 0.381 e. The Kier molecular flexibility index (Phi) is 10.8. The molecular formula is C17H34N2O. The lowest BCUT2D eigenvalue weighted by Crippen LogP contribution is -2.45. The molecule has 1 N–H and O–H groups in total. The van der Waals surface area contributed by atoms with Crippen molar-refractivity contribution in [2.75, 3.05) is 13.2 Å². The normalized spacial score (nSPS) is 15.8. The van der Waals surface area contributed by atoms with Crippen LogP contribution in [0.1, 0.15) is 73.1 Å². The highest BCUT2D eigenvalue weighted by Crippen LogP contribution is 2.15. The van der Waals surface area contributed by atoms with Crippen LogP contribution in [-0.4, -0.2) is 24.8 Å². The van der Waals surface area contributed by atoms with Crippen LogP contribution < -0.4 is 5.32 Å². The Morgan fingerprint density at radius 2 is 1.95 bits per heavy atom. The molecule has 3 nitrogen and oxygen atoms in total. The Morgan fingerprint density at radius 1 is 1.25 bits per heavy atom. The van der Waals surface area contributed by atoms with Crippen LogP contribution in [0.5, 0.6) is 0 Å². The number of hydrogen-bond donors (Lipinski definition) is 1. The van der Waals surface area contributed by atoms with Crippen LogP contribution in [0.3, 0.4) is 0 Å². The zero-order valence-corrected chi connectivity index (χ0v) is 14.2. The first-order chi connectivity index (χ1) is 9.47. The zero-order chi connectivity index (χ0) is 15.4. The molecule has 0 fully saturated rings. The van der Waals surface area contributed by atoms with Gasteiger partial charge in [-0.15, -0.1) is 0 Å². The summed E-state index contributed by atoms with van der Waals surface area (Å²) in [5, 5.41) is 12.6. The van der Waals surface area contributed by atoms with Crippen molar-refractivity contribution in [1.29, 1.82) is 5.26 Å². The lowest BCUT2D eigenvalue weighted by Gasteiger charge is -2.26. The summed E-state index contributed by atoms with van der Waals surface area (Å²) in [4.78, 5) is 0. The van der Waals surface area contributed by atoms with Crippen molar-refractivity contribution in [3.05, 3.63) is 0 Å². The summed E-state index contributed by atoms with van der Waals surface area (Å²) in [5.74, 6) is 0.700. The molecule has 118 valence electrons. The van der Waals surface area contributed by atoms with E-state index in [0.29, 0.717) is 12.0 Å². The number of hydrogen-bond acceptors (Lipinski definition) is 3. The molecular weight excluding hydrogens is 248 g/mol. The average Bonchev–Trinajstić information content (AvgIpc) is 2.41. The van der Waals surface area contributed by atoms with Gasteiger partial charge in [0.1, 0.15) is 5.54 Å². The molecule has 0 amide bonds. The van der Waals surface area contributed by atoms with Crippen molar-refractivity contribution in [2.45, 2.75) is 84.7 Å². The predicted octanol–water partition coefficient (Wildman–Crippen LogP) is 4.28. The molecule has 0 radical (unpaired) electrons. The Balaban J connectivity index is 3.81. The lowest BCUT2D eigenvalue weighted by molar-refractivity contribution is 0.0881. The molecule has 0 spiro atoms. The third kappa shape index (κ3) is 9.34. The van der Waals surface area contributed by atoms with Crippen LogP contribution in [0, 0.1) is 17.2 Å². The highest BCUT2D eigenvalue weighted by Gasteiger charge is 2.23. The van der Waals surface area contributed by atoms with Crippen LogP contribution in [0.25, 0.3) is 0 Å². The second kappa shape index (κ2) is 11.1. The second-order valence-corrected chi connectivity index (χ2v) is 6.34. The number of rotatable bonds is 12. The van der Waals surface area contributed by atoms with Crippen LogP contribution in [0.15, 0.2) is 0 Å². The first kappa shape index (κ1) is 19.4. The number of ether oxygens (including phenoxy) is 1. The number of nitrogens with one attached hydrogen (secondary N) is 1. The van der Waals surface area contributed by atoms with Crippen molar-refractivity contribution >= 4 is 0 Å². The van der Waals surface area contributed by atoms with Gasteiger partial charge in [0.25, 0.3) is 0 Å². The average molecular weight is 282 g/mol. The summed E-state index contributed by atoms with van der Waals surface area (Å²) in [5.41, 5.74) is -0.427. The Hall–Kier alpha value is -0.590. The topological polar surface area (TPSA) is 45.0 Å². The van der Waals surface area contributed by atoms with Crippen LogP contribution >= 0.6 is 0 Å². The zero-order valence-electron chi connectivity index (χ0n) is 14.2. The van der Waals surface area contributed by atoms with Crippen molar-refractivity contribution in [3.63, 3.8) is 0 Å². The fourth-order valence-electron chi connectivity index (χ4n) is 2.47. The van der Waals surface area contributed by atoms with Gasteiger partial charge in [-0.05, 0) is 46.0 Å². The van der Waals surface area contributed by atoms with Gasteiger partial charge in [0.15, 0.2) is 0 Å². The van der Waals surface area contributed by atoms with Crippen LogP contribution in [0.2, 0.25) is 0 Å². The van der Waals surface area contributed by atoms with Gasteiger partial charge < -0.3 is 4.74 Å². The Labute approximate surface area is 126 Å². The maximum absolute atomic E-state index is 9.26. The first-order valence-electron chi connectivity index (χ1n) is 8.24. The van der Waals surface area contributed by atoms with Gasteiger partial charge in [-0.1, -0.05) is 33.1 Å². The smallest absolute Gasteiger partial charge is 0.104 e. The van der Waals surface area contributed by atoms with Gasteiger partial charge in [0, 0.05) is 19.3 Å². The van der Waals surface area contributed by atoms with Crippen molar-refractivity contribution in [3.8, 4) is 6.07 Å². The maximum Gasteiger partial charge on any atom is 0.104 e. The van der Waals surface area contributed by atoms with Gasteiger partial charge in [-0.3, -0.25) is 5.32 Å². The van der Waals surface area contributed by atoms with Crippen molar-refractivity contribution in [2.24, 2.45) is 5.92 Å². The third-order valence-corrected chi connectivity index (χ3v) is 3.72. The maximum atomic E-state index is 9.26. The summed E-state index contributed by atoms with van der Waals surface area (Å²) in [6, 6.07) is 2.71. The van der Waals surface area contributed by atoms with Crippen LogP contribution in [-0.2, 0) is 4.74 Å². The van der Waals surface area contributed by atoms with Gasteiger partial charge in [0.05, 0.1) is 6.07 Å². The minimum absolute atomic E-state index is 0.332. The second-order valence-electron chi connectivity index (χ2n) is 6.34. The molecule has 2 atom stereocenters. The highest BCUT2D eigenvalue weighted by atomic mass is 16.5. The van der Waals surface area contributed by atoms with E-state index in [9.17, 15) is 5.26 Å². The summed E-state index contributed by atoms with van der Waals surface area (Å²) in [6.07, 6.45) is 6.81. The quantitative estimate of drug-likeness (QED) is 0.543. The molecule has 0 bridgehead atoms. The molecule has 3 heteroatoms. The van der Waals surface area contributed by atoms with E-state index in [-0.39, 0.29) is 0 Å². The lowest BCUT2D eigenvalue weighted by atomic mass is 9.97. The van der Waals surface area contributed by atoms with E-state index in [0.717, 1.165) is 26.1 Å². The van der Waals surface area contributed by atoms with Gasteiger partial charge in [0.2, 0.25) is 0 Å². The van der Waals surface area contributed by atoms with Gasteiger partial charge in [-0.2, -0.15) is 5.26 Å². The van der Waals surface area contributed by atoms with Gasteiger partial charge in [-0.25, -0.2) is 0 Å². The Morgan fingerprint density at radius 3 is 2.45 bits per heavy atom.